The summed E-state index contributed by atoms with van der Waals surface area (Å²) in [6.45, 7) is 1.88. The summed E-state index contributed by atoms with van der Waals surface area (Å²) >= 11 is 1.27. The first-order valence-corrected chi connectivity index (χ1v) is 11.8. The van der Waals surface area contributed by atoms with Gasteiger partial charge in [-0.1, -0.05) is 49.0 Å². The average molecular weight is 501 g/mol. The van der Waals surface area contributed by atoms with Crippen molar-refractivity contribution >= 4 is 34.4 Å². The number of pyridine rings is 1. The number of ether oxygens (including phenoxy) is 1. The van der Waals surface area contributed by atoms with E-state index in [2.05, 4.69) is 15.3 Å². The Morgan fingerprint density at radius 1 is 1.17 bits per heavy atom. The Morgan fingerprint density at radius 2 is 1.97 bits per heavy atom. The molecule has 4 aromatic rings. The highest BCUT2D eigenvalue weighted by Gasteiger charge is 2.30. The van der Waals surface area contributed by atoms with Crippen LogP contribution < -0.4 is 10.1 Å². The Labute approximate surface area is 204 Å². The summed E-state index contributed by atoms with van der Waals surface area (Å²) in [4.78, 5) is 22.2. The molecular weight excluding hydrogens is 477 g/mol. The van der Waals surface area contributed by atoms with Crippen molar-refractivity contribution in [1.82, 2.24) is 14.5 Å². The maximum absolute atomic E-state index is 13.4. The number of aromatic nitrogens is 3. The number of imidazole rings is 1. The van der Waals surface area contributed by atoms with E-state index in [4.69, 9.17) is 4.74 Å². The molecule has 1 N–H and O–H groups in total. The molecule has 182 valence electrons. The van der Waals surface area contributed by atoms with Gasteiger partial charge in [0.1, 0.15) is 11.8 Å². The quantitative estimate of drug-likeness (QED) is 0.286. The summed E-state index contributed by atoms with van der Waals surface area (Å²) in [5, 5.41) is 3.44. The molecule has 10 heteroatoms. The summed E-state index contributed by atoms with van der Waals surface area (Å²) in [5.41, 5.74) is 1.67. The molecule has 6 nitrogen and oxygen atoms in total. The van der Waals surface area contributed by atoms with Gasteiger partial charge in [-0.15, -0.1) is 0 Å². The smallest absolute Gasteiger partial charge is 0.416 e. The fraction of sp³-hybridized carbons (Fsp3) is 0.240. The number of anilines is 1. The molecule has 2 aromatic heterocycles. The predicted molar refractivity (Wildman–Crippen MR) is 129 cm³/mol. The molecule has 0 radical (unpaired) electrons. The lowest BCUT2D eigenvalue weighted by atomic mass is 10.1. The van der Waals surface area contributed by atoms with Crippen LogP contribution in [0.4, 0.5) is 18.9 Å². The molecular formula is C25H23F3N4O2S. The fourth-order valence-electron chi connectivity index (χ4n) is 3.76. The molecule has 4 rings (SSSR count). The summed E-state index contributed by atoms with van der Waals surface area (Å²) < 4.78 is 46.5. The number of carbonyl (C=O) groups is 1. The number of hydrogen-bond acceptors (Lipinski definition) is 5. The largest absolute Gasteiger partial charge is 0.495 e. The van der Waals surface area contributed by atoms with E-state index in [0.29, 0.717) is 39.6 Å². The number of hydrogen-bond donors (Lipinski definition) is 1. The molecule has 1 atom stereocenters. The van der Waals surface area contributed by atoms with E-state index in [1.807, 2.05) is 13.0 Å². The number of carbonyl (C=O) groups excluding carboxylic acids is 1. The number of nitrogens with one attached hydrogen (secondary N) is 1. The lowest BCUT2D eigenvalue weighted by Gasteiger charge is -2.20. The number of methoxy groups -OCH3 is 1. The zero-order chi connectivity index (χ0) is 25.0. The molecule has 2 heterocycles. The molecule has 0 aliphatic heterocycles. The highest BCUT2D eigenvalue weighted by molar-refractivity contribution is 7.98. The van der Waals surface area contributed by atoms with E-state index in [9.17, 15) is 18.0 Å². The Hall–Kier alpha value is -3.53. The van der Waals surface area contributed by atoms with Gasteiger partial charge >= 0.3 is 6.18 Å². The molecule has 2 aromatic carbocycles. The number of halogens is 3. The minimum atomic E-state index is -4.41. The van der Waals surface area contributed by atoms with Gasteiger partial charge in [-0.3, -0.25) is 9.78 Å². The number of alkyl halides is 3. The van der Waals surface area contributed by atoms with Crippen molar-refractivity contribution < 1.29 is 22.7 Å². The van der Waals surface area contributed by atoms with Crippen molar-refractivity contribution in [2.45, 2.75) is 36.5 Å². The molecule has 0 saturated heterocycles. The average Bonchev–Trinajstić information content (AvgIpc) is 3.21. The number of nitrogens with zero attached hydrogens (tertiary/aromatic N) is 3. The van der Waals surface area contributed by atoms with Crippen molar-refractivity contribution in [3.8, 4) is 5.75 Å². The van der Waals surface area contributed by atoms with E-state index >= 15 is 0 Å². The monoisotopic (exact) mass is 500 g/mol. The lowest BCUT2D eigenvalue weighted by molar-refractivity contribution is -0.137. The molecule has 0 unspecified atom stereocenters. The van der Waals surface area contributed by atoms with Crippen molar-refractivity contribution in [3.63, 3.8) is 0 Å². The van der Waals surface area contributed by atoms with Gasteiger partial charge in [0.15, 0.2) is 5.16 Å². The van der Waals surface area contributed by atoms with E-state index in [0.717, 1.165) is 12.1 Å². The van der Waals surface area contributed by atoms with E-state index in [1.165, 1.54) is 24.9 Å². The number of thioether (sulfide) groups is 1. The van der Waals surface area contributed by atoms with Gasteiger partial charge in [0.2, 0.25) is 5.91 Å². The molecule has 35 heavy (non-hydrogen) atoms. The maximum Gasteiger partial charge on any atom is 0.416 e. The Balaban J connectivity index is 1.65. The molecule has 1 amide bonds. The van der Waals surface area contributed by atoms with Gasteiger partial charge in [0.25, 0.3) is 0 Å². The minimum absolute atomic E-state index is 0.255. The van der Waals surface area contributed by atoms with Gasteiger partial charge in [0.05, 0.1) is 35.6 Å². The van der Waals surface area contributed by atoms with Crippen molar-refractivity contribution in [2.75, 3.05) is 12.4 Å². The third-order valence-electron chi connectivity index (χ3n) is 5.45. The number of rotatable bonds is 8. The predicted octanol–water partition coefficient (Wildman–Crippen LogP) is 6.34. The summed E-state index contributed by atoms with van der Waals surface area (Å²) in [6, 6.07) is 13.4. The highest BCUT2D eigenvalue weighted by Crippen LogP contribution is 2.34. The zero-order valence-electron chi connectivity index (χ0n) is 19.0. The third-order valence-corrected chi connectivity index (χ3v) is 6.47. The third kappa shape index (κ3) is 5.43. The van der Waals surface area contributed by atoms with Crippen molar-refractivity contribution in [2.24, 2.45) is 0 Å². The van der Waals surface area contributed by atoms with Gasteiger partial charge in [-0.05, 0) is 36.2 Å². The van der Waals surface area contributed by atoms with Crippen LogP contribution in [0.15, 0.2) is 72.1 Å². The van der Waals surface area contributed by atoms with E-state index in [-0.39, 0.29) is 11.7 Å². The zero-order valence-corrected chi connectivity index (χ0v) is 19.9. The molecule has 0 saturated carbocycles. The number of para-hydroxylation sites is 2. The van der Waals surface area contributed by atoms with Crippen molar-refractivity contribution in [3.05, 3.63) is 78.1 Å². The Kier molecular flexibility index (Phi) is 7.30. The van der Waals surface area contributed by atoms with Crippen LogP contribution in [0.2, 0.25) is 0 Å². The van der Waals surface area contributed by atoms with Crippen molar-refractivity contribution in [1.29, 1.82) is 0 Å². The first kappa shape index (κ1) is 24.6. The second-order valence-electron chi connectivity index (χ2n) is 7.73. The lowest BCUT2D eigenvalue weighted by Crippen LogP contribution is -2.26. The number of amides is 1. The topological polar surface area (TPSA) is 69.0 Å². The van der Waals surface area contributed by atoms with E-state index < -0.39 is 17.8 Å². The number of benzene rings is 2. The van der Waals surface area contributed by atoms with Crippen LogP contribution in [0.25, 0.3) is 11.0 Å². The first-order valence-electron chi connectivity index (χ1n) is 10.9. The van der Waals surface area contributed by atoms with Crippen LogP contribution in [0.5, 0.6) is 5.75 Å². The minimum Gasteiger partial charge on any atom is -0.495 e. The van der Waals surface area contributed by atoms with Gasteiger partial charge in [-0.2, -0.15) is 13.2 Å². The van der Waals surface area contributed by atoms with Gasteiger partial charge in [-0.25, -0.2) is 4.98 Å². The standard InChI is InChI=1S/C25H23F3N4O2S/c1-3-20(23(33)30-19-9-4-5-10-22(19)34-2)32-21-14-29-12-11-18(21)31-24(32)35-15-16-7-6-8-17(13-16)25(26,27)28/h4-14,20H,3,15H2,1-2H3,(H,30,33)/t20-/m1/s1. The molecule has 0 aliphatic carbocycles. The van der Waals surface area contributed by atoms with Crippen LogP contribution >= 0.6 is 11.8 Å². The number of fused-ring (bicyclic) bond motifs is 1. The van der Waals surface area contributed by atoms with Gasteiger partial charge < -0.3 is 14.6 Å². The molecule has 0 fully saturated rings. The SMILES string of the molecule is CC[C@H](C(=O)Nc1ccccc1OC)n1c(SCc2cccc(C(F)(F)F)c2)nc2ccncc21. The summed E-state index contributed by atoms with van der Waals surface area (Å²) in [5.74, 6) is 0.527. The normalized spacial score (nSPS) is 12.5. The fourth-order valence-corrected chi connectivity index (χ4v) is 4.76. The summed E-state index contributed by atoms with van der Waals surface area (Å²) in [7, 11) is 1.53. The van der Waals surface area contributed by atoms with Crippen LogP contribution in [0, 0.1) is 0 Å². The van der Waals surface area contributed by atoms with Crippen LogP contribution in [-0.4, -0.2) is 27.6 Å². The Morgan fingerprint density at radius 3 is 2.71 bits per heavy atom. The van der Waals surface area contributed by atoms with Crippen LogP contribution in [-0.2, 0) is 16.7 Å². The molecule has 0 spiro atoms. The second-order valence-corrected chi connectivity index (χ2v) is 8.67. The van der Waals surface area contributed by atoms with Crippen LogP contribution in [0.3, 0.4) is 0 Å². The molecule has 0 bridgehead atoms. The Bertz CT molecular complexity index is 1340. The maximum atomic E-state index is 13.4. The van der Waals surface area contributed by atoms with Crippen LogP contribution in [0.1, 0.15) is 30.5 Å². The first-order chi connectivity index (χ1) is 16.8. The van der Waals surface area contributed by atoms with Gasteiger partial charge in [0, 0.05) is 11.9 Å². The summed E-state index contributed by atoms with van der Waals surface area (Å²) in [6.07, 6.45) is -0.714. The van der Waals surface area contributed by atoms with E-state index in [1.54, 1.807) is 47.3 Å². The highest BCUT2D eigenvalue weighted by atomic mass is 32.2. The second kappa shape index (κ2) is 10.4. The molecule has 0 aliphatic rings.